The van der Waals surface area contributed by atoms with Crippen LogP contribution in [0.2, 0.25) is 0 Å². The maximum atomic E-state index is 12.8. The minimum Gasteiger partial charge on any atom is -0.497 e. The molecule has 1 saturated heterocycles. The normalized spacial score (nSPS) is 21.6. The number of amides is 2. The summed E-state index contributed by atoms with van der Waals surface area (Å²) >= 11 is 0. The maximum Gasteiger partial charge on any atom is 0.329 e. The monoisotopic (exact) mass is 348 g/mol. The van der Waals surface area contributed by atoms with Crippen LogP contribution in [0, 0.1) is 0 Å². The molecule has 0 aliphatic carbocycles. The van der Waals surface area contributed by atoms with Gasteiger partial charge in [-0.15, -0.1) is 0 Å². The first kappa shape index (κ1) is 17.2. The Bertz CT molecular complexity index is 711. The third-order valence-corrected chi connectivity index (χ3v) is 4.73. The molecule has 3 N–H and O–H groups in total. The Hall–Kier alpha value is -2.61. The fraction of sp³-hybridized carbons (Fsp3) is 0.471. The number of rotatable bonds is 4. The van der Waals surface area contributed by atoms with Gasteiger partial charge in [-0.1, -0.05) is 0 Å². The molecule has 25 heavy (non-hydrogen) atoms. The average Bonchev–Trinajstić information content (AvgIpc) is 2.61. The van der Waals surface area contributed by atoms with Crippen molar-refractivity contribution in [2.24, 2.45) is 0 Å². The largest absolute Gasteiger partial charge is 0.497 e. The average molecular weight is 348 g/mol. The minimum atomic E-state index is -1.36. The standard InChI is InChI=1S/C17H20N2O6/c1-24-10-2-3-13-11(8-10)12(9-14(20)18-13)15(21)19-17(16(22)23)4-6-25-7-5-17/h2-3,8,12H,4-7,9H2,1H3,(H,18,20)(H,19,21)(H,22,23)/t12-/m1/s1. The second-order valence-corrected chi connectivity index (χ2v) is 6.25. The number of benzene rings is 1. The highest BCUT2D eigenvalue weighted by Crippen LogP contribution is 2.36. The summed E-state index contributed by atoms with van der Waals surface area (Å²) in [7, 11) is 1.51. The molecule has 1 aromatic rings. The lowest BCUT2D eigenvalue weighted by atomic mass is 9.86. The van der Waals surface area contributed by atoms with Gasteiger partial charge in [0.1, 0.15) is 11.3 Å². The van der Waals surface area contributed by atoms with Crippen molar-refractivity contribution in [2.45, 2.75) is 30.7 Å². The number of carboxylic acid groups (broad SMARTS) is 1. The second-order valence-electron chi connectivity index (χ2n) is 6.25. The Labute approximate surface area is 144 Å². The maximum absolute atomic E-state index is 12.8. The number of carbonyl (C=O) groups is 3. The van der Waals surface area contributed by atoms with E-state index in [1.165, 1.54) is 7.11 Å². The van der Waals surface area contributed by atoms with E-state index in [1.54, 1.807) is 18.2 Å². The van der Waals surface area contributed by atoms with E-state index < -0.39 is 23.3 Å². The number of carboxylic acids is 1. The van der Waals surface area contributed by atoms with Gasteiger partial charge < -0.3 is 25.2 Å². The highest BCUT2D eigenvalue weighted by molar-refractivity contribution is 6.02. The fourth-order valence-electron chi connectivity index (χ4n) is 3.24. The first-order valence-corrected chi connectivity index (χ1v) is 8.06. The number of aliphatic carboxylic acids is 1. The van der Waals surface area contributed by atoms with Gasteiger partial charge in [0, 0.05) is 38.2 Å². The summed E-state index contributed by atoms with van der Waals surface area (Å²) < 4.78 is 10.4. The van der Waals surface area contributed by atoms with Crippen LogP contribution < -0.4 is 15.4 Å². The number of nitrogens with one attached hydrogen (secondary N) is 2. The van der Waals surface area contributed by atoms with E-state index in [0.29, 0.717) is 17.0 Å². The number of hydrogen-bond donors (Lipinski definition) is 3. The zero-order valence-corrected chi connectivity index (χ0v) is 13.8. The molecule has 1 atom stereocenters. The van der Waals surface area contributed by atoms with Gasteiger partial charge in [-0.3, -0.25) is 9.59 Å². The quantitative estimate of drug-likeness (QED) is 0.744. The van der Waals surface area contributed by atoms with E-state index in [2.05, 4.69) is 10.6 Å². The van der Waals surface area contributed by atoms with E-state index in [4.69, 9.17) is 9.47 Å². The van der Waals surface area contributed by atoms with Crippen molar-refractivity contribution in [3.63, 3.8) is 0 Å². The first-order chi connectivity index (χ1) is 11.9. The van der Waals surface area contributed by atoms with Crippen molar-refractivity contribution in [2.75, 3.05) is 25.6 Å². The molecule has 0 bridgehead atoms. The molecule has 2 amide bonds. The van der Waals surface area contributed by atoms with E-state index in [9.17, 15) is 19.5 Å². The van der Waals surface area contributed by atoms with Crippen LogP contribution in [-0.2, 0) is 19.1 Å². The van der Waals surface area contributed by atoms with Crippen LogP contribution in [0.4, 0.5) is 5.69 Å². The van der Waals surface area contributed by atoms with Crippen molar-refractivity contribution in [1.82, 2.24) is 5.32 Å². The predicted octanol–water partition coefficient (Wildman–Crippen LogP) is 0.871. The molecule has 2 heterocycles. The van der Waals surface area contributed by atoms with Gasteiger partial charge in [-0.25, -0.2) is 4.79 Å². The fourth-order valence-corrected chi connectivity index (χ4v) is 3.24. The van der Waals surface area contributed by atoms with Gasteiger partial charge in [0.2, 0.25) is 11.8 Å². The molecular formula is C17H20N2O6. The summed E-state index contributed by atoms with van der Waals surface area (Å²) in [6.45, 7) is 0.532. The summed E-state index contributed by atoms with van der Waals surface area (Å²) in [5, 5.41) is 15.0. The molecule has 8 heteroatoms. The van der Waals surface area contributed by atoms with Crippen molar-refractivity contribution in [1.29, 1.82) is 0 Å². The molecule has 134 valence electrons. The van der Waals surface area contributed by atoms with Crippen LogP contribution in [0.3, 0.4) is 0 Å². The van der Waals surface area contributed by atoms with Crippen LogP contribution in [-0.4, -0.2) is 48.8 Å². The van der Waals surface area contributed by atoms with Gasteiger partial charge >= 0.3 is 5.97 Å². The molecule has 2 aliphatic heterocycles. The number of hydrogen-bond acceptors (Lipinski definition) is 5. The molecule has 0 saturated carbocycles. The van der Waals surface area contributed by atoms with E-state index in [1.807, 2.05) is 0 Å². The number of methoxy groups -OCH3 is 1. The zero-order chi connectivity index (χ0) is 18.0. The van der Waals surface area contributed by atoms with E-state index in [0.717, 1.165) is 0 Å². The molecule has 1 aromatic carbocycles. The van der Waals surface area contributed by atoms with Gasteiger partial charge in [0.15, 0.2) is 0 Å². The minimum absolute atomic E-state index is 0.0435. The lowest BCUT2D eigenvalue weighted by Gasteiger charge is -2.36. The highest BCUT2D eigenvalue weighted by Gasteiger charge is 2.44. The molecule has 1 fully saturated rings. The van der Waals surface area contributed by atoms with Crippen LogP contribution in [0.15, 0.2) is 18.2 Å². The SMILES string of the molecule is COc1ccc2c(c1)[C@H](C(=O)NC1(C(=O)O)CCOCC1)CC(=O)N2. The molecular weight excluding hydrogens is 328 g/mol. The van der Waals surface area contributed by atoms with Crippen LogP contribution >= 0.6 is 0 Å². The van der Waals surface area contributed by atoms with Crippen LogP contribution in [0.25, 0.3) is 0 Å². The van der Waals surface area contributed by atoms with Gasteiger partial charge in [0.25, 0.3) is 0 Å². The van der Waals surface area contributed by atoms with Gasteiger partial charge in [-0.2, -0.15) is 0 Å². The Morgan fingerprint density at radius 3 is 2.72 bits per heavy atom. The third-order valence-electron chi connectivity index (χ3n) is 4.73. The predicted molar refractivity (Wildman–Crippen MR) is 87.5 cm³/mol. The lowest BCUT2D eigenvalue weighted by Crippen LogP contribution is -2.58. The summed E-state index contributed by atoms with van der Waals surface area (Å²) in [5.74, 6) is -2.05. The Morgan fingerprint density at radius 2 is 2.08 bits per heavy atom. The van der Waals surface area contributed by atoms with Crippen molar-refractivity contribution < 1.29 is 29.0 Å². The molecule has 2 aliphatic rings. The third kappa shape index (κ3) is 3.30. The smallest absolute Gasteiger partial charge is 0.329 e. The Kier molecular flexibility index (Phi) is 4.63. The van der Waals surface area contributed by atoms with Crippen molar-refractivity contribution in [3.8, 4) is 5.75 Å². The molecule has 0 unspecified atom stereocenters. The van der Waals surface area contributed by atoms with Crippen LogP contribution in [0.1, 0.15) is 30.7 Å². The molecule has 0 spiro atoms. The summed E-state index contributed by atoms with van der Waals surface area (Å²) in [6, 6.07) is 5.06. The number of carbonyl (C=O) groups excluding carboxylic acids is 2. The van der Waals surface area contributed by atoms with Gasteiger partial charge in [-0.05, 0) is 23.8 Å². The first-order valence-electron chi connectivity index (χ1n) is 8.06. The number of ether oxygens (including phenoxy) is 2. The van der Waals surface area contributed by atoms with Crippen molar-refractivity contribution >= 4 is 23.5 Å². The van der Waals surface area contributed by atoms with E-state index >= 15 is 0 Å². The highest BCUT2D eigenvalue weighted by atomic mass is 16.5. The van der Waals surface area contributed by atoms with Gasteiger partial charge in [0.05, 0.1) is 13.0 Å². The number of fused-ring (bicyclic) bond motifs is 1. The Balaban J connectivity index is 1.89. The summed E-state index contributed by atoms with van der Waals surface area (Å²) in [6.07, 6.45) is 0.341. The lowest BCUT2D eigenvalue weighted by molar-refractivity contribution is -0.152. The second kappa shape index (κ2) is 6.72. The summed E-state index contributed by atoms with van der Waals surface area (Å²) in [4.78, 5) is 36.5. The molecule has 8 nitrogen and oxygen atoms in total. The van der Waals surface area contributed by atoms with E-state index in [-0.39, 0.29) is 38.4 Å². The molecule has 0 aromatic heterocycles. The molecule has 0 radical (unpaired) electrons. The molecule has 3 rings (SSSR count). The Morgan fingerprint density at radius 1 is 1.36 bits per heavy atom. The van der Waals surface area contributed by atoms with Crippen molar-refractivity contribution in [3.05, 3.63) is 23.8 Å². The summed E-state index contributed by atoms with van der Waals surface area (Å²) in [5.41, 5.74) is -0.208. The zero-order valence-electron chi connectivity index (χ0n) is 13.8. The van der Waals surface area contributed by atoms with Crippen LogP contribution in [0.5, 0.6) is 5.75 Å². The number of anilines is 1. The topological polar surface area (TPSA) is 114 Å².